The summed E-state index contributed by atoms with van der Waals surface area (Å²) >= 11 is 1.39. The normalized spacial score (nSPS) is 11.6. The molecule has 0 fully saturated rings. The van der Waals surface area contributed by atoms with Crippen molar-refractivity contribution < 1.29 is 19.1 Å². The number of methoxy groups -OCH3 is 2. The summed E-state index contributed by atoms with van der Waals surface area (Å²) in [4.78, 5) is 24.7. The monoisotopic (exact) mass is 347 g/mol. The van der Waals surface area contributed by atoms with Crippen LogP contribution in [0.3, 0.4) is 0 Å². The van der Waals surface area contributed by atoms with Crippen LogP contribution in [0.2, 0.25) is 0 Å². The van der Waals surface area contributed by atoms with E-state index in [2.05, 4.69) is 5.32 Å². The van der Waals surface area contributed by atoms with Crippen molar-refractivity contribution in [1.82, 2.24) is 5.32 Å². The van der Waals surface area contributed by atoms with Gasteiger partial charge in [0.15, 0.2) is 5.78 Å². The standard InChI is InChI=1S/C18H21NO4S/c1-12(14-7-6-13(22-2)11-16(14)23-3)19-18(21)9-8-15(20)17-5-4-10-24-17/h4-7,10-12H,8-9H2,1-3H3,(H,19,21). The molecule has 6 heteroatoms. The minimum atomic E-state index is -0.227. The predicted molar refractivity (Wildman–Crippen MR) is 94.0 cm³/mol. The van der Waals surface area contributed by atoms with Crippen LogP contribution in [0.25, 0.3) is 0 Å². The SMILES string of the molecule is COc1ccc(C(C)NC(=O)CCC(=O)c2cccs2)c(OC)c1. The molecule has 0 bridgehead atoms. The lowest BCUT2D eigenvalue weighted by Crippen LogP contribution is -2.27. The van der Waals surface area contributed by atoms with Gasteiger partial charge in [0.2, 0.25) is 5.91 Å². The number of rotatable bonds is 8. The number of carbonyl (C=O) groups is 2. The Bertz CT molecular complexity index is 697. The van der Waals surface area contributed by atoms with Crippen molar-refractivity contribution >= 4 is 23.0 Å². The van der Waals surface area contributed by atoms with Crippen molar-refractivity contribution in [2.45, 2.75) is 25.8 Å². The molecule has 2 rings (SSSR count). The molecule has 0 saturated heterocycles. The van der Waals surface area contributed by atoms with Gasteiger partial charge < -0.3 is 14.8 Å². The Hall–Kier alpha value is -2.34. The zero-order valence-corrected chi connectivity index (χ0v) is 14.8. The third-order valence-electron chi connectivity index (χ3n) is 3.66. The molecule has 1 unspecified atom stereocenters. The molecule has 1 aromatic heterocycles. The quantitative estimate of drug-likeness (QED) is 0.741. The van der Waals surface area contributed by atoms with Gasteiger partial charge in [-0.15, -0.1) is 11.3 Å². The molecule has 0 spiro atoms. The zero-order valence-electron chi connectivity index (χ0n) is 14.0. The third kappa shape index (κ3) is 4.58. The molecule has 1 atom stereocenters. The van der Waals surface area contributed by atoms with E-state index in [-0.39, 0.29) is 30.6 Å². The minimum absolute atomic E-state index is 0.00479. The van der Waals surface area contributed by atoms with E-state index in [1.54, 1.807) is 26.4 Å². The highest BCUT2D eigenvalue weighted by Gasteiger charge is 2.16. The second-order valence-corrected chi connectivity index (χ2v) is 6.25. The van der Waals surface area contributed by atoms with E-state index in [1.165, 1.54) is 11.3 Å². The smallest absolute Gasteiger partial charge is 0.220 e. The van der Waals surface area contributed by atoms with Crippen LogP contribution in [-0.4, -0.2) is 25.9 Å². The average molecular weight is 347 g/mol. The van der Waals surface area contributed by atoms with Crippen LogP contribution < -0.4 is 14.8 Å². The number of benzene rings is 1. The number of Topliss-reactive ketones (excluding diaryl/α,β-unsaturated/α-hetero) is 1. The highest BCUT2D eigenvalue weighted by molar-refractivity contribution is 7.12. The van der Waals surface area contributed by atoms with Gasteiger partial charge in [-0.2, -0.15) is 0 Å². The Morgan fingerprint density at radius 1 is 1.17 bits per heavy atom. The highest BCUT2D eigenvalue weighted by atomic mass is 32.1. The minimum Gasteiger partial charge on any atom is -0.497 e. The first-order valence-electron chi connectivity index (χ1n) is 7.63. The summed E-state index contributed by atoms with van der Waals surface area (Å²) < 4.78 is 10.5. The zero-order chi connectivity index (χ0) is 17.5. The highest BCUT2D eigenvalue weighted by Crippen LogP contribution is 2.29. The molecular weight excluding hydrogens is 326 g/mol. The summed E-state index contributed by atoms with van der Waals surface area (Å²) in [7, 11) is 3.16. The molecule has 1 amide bonds. The van der Waals surface area contributed by atoms with Crippen molar-refractivity contribution in [2.75, 3.05) is 14.2 Å². The van der Waals surface area contributed by atoms with Crippen LogP contribution in [0.15, 0.2) is 35.7 Å². The average Bonchev–Trinajstić information content (AvgIpc) is 3.13. The van der Waals surface area contributed by atoms with Gasteiger partial charge in [-0.05, 0) is 30.5 Å². The number of amides is 1. The lowest BCUT2D eigenvalue weighted by molar-refractivity contribution is -0.121. The van der Waals surface area contributed by atoms with Gasteiger partial charge in [0.05, 0.1) is 25.1 Å². The Morgan fingerprint density at radius 3 is 2.58 bits per heavy atom. The molecule has 1 aromatic carbocycles. The van der Waals surface area contributed by atoms with E-state index in [0.717, 1.165) is 5.56 Å². The second-order valence-electron chi connectivity index (χ2n) is 5.30. The Labute approximate surface area is 145 Å². The van der Waals surface area contributed by atoms with Gasteiger partial charge in [0.25, 0.3) is 0 Å². The number of carbonyl (C=O) groups excluding carboxylic acids is 2. The molecule has 0 aliphatic heterocycles. The molecule has 24 heavy (non-hydrogen) atoms. The summed E-state index contributed by atoms with van der Waals surface area (Å²) in [6.07, 6.45) is 0.373. The molecule has 5 nitrogen and oxygen atoms in total. The first kappa shape index (κ1) is 18.0. The van der Waals surface area contributed by atoms with Crippen molar-refractivity contribution in [1.29, 1.82) is 0 Å². The molecule has 2 aromatic rings. The van der Waals surface area contributed by atoms with E-state index >= 15 is 0 Å². The van der Waals surface area contributed by atoms with Crippen LogP contribution >= 0.6 is 11.3 Å². The lowest BCUT2D eigenvalue weighted by atomic mass is 10.1. The summed E-state index contributed by atoms with van der Waals surface area (Å²) in [5.74, 6) is 1.17. The Morgan fingerprint density at radius 2 is 1.96 bits per heavy atom. The van der Waals surface area contributed by atoms with Crippen LogP contribution in [-0.2, 0) is 4.79 Å². The van der Waals surface area contributed by atoms with Crippen LogP contribution in [0, 0.1) is 0 Å². The lowest BCUT2D eigenvalue weighted by Gasteiger charge is -2.18. The molecule has 1 heterocycles. The predicted octanol–water partition coefficient (Wildman–Crippen LogP) is 3.61. The van der Waals surface area contributed by atoms with Gasteiger partial charge in [0.1, 0.15) is 11.5 Å². The molecular formula is C18H21NO4S. The van der Waals surface area contributed by atoms with Crippen LogP contribution in [0.4, 0.5) is 0 Å². The molecule has 128 valence electrons. The first-order chi connectivity index (χ1) is 11.5. The number of hydrogen-bond donors (Lipinski definition) is 1. The number of ketones is 1. The maximum absolute atomic E-state index is 12.1. The van der Waals surface area contributed by atoms with Gasteiger partial charge in [0, 0.05) is 24.5 Å². The number of hydrogen-bond acceptors (Lipinski definition) is 5. The van der Waals surface area contributed by atoms with E-state index in [1.807, 2.05) is 30.5 Å². The fourth-order valence-electron chi connectivity index (χ4n) is 2.36. The van der Waals surface area contributed by atoms with Crippen LogP contribution in [0.5, 0.6) is 11.5 Å². The van der Waals surface area contributed by atoms with Crippen molar-refractivity contribution in [2.24, 2.45) is 0 Å². The number of thiophene rings is 1. The summed E-state index contributed by atoms with van der Waals surface area (Å²) in [5, 5.41) is 4.75. The van der Waals surface area contributed by atoms with Crippen molar-refractivity contribution in [3.63, 3.8) is 0 Å². The molecule has 1 N–H and O–H groups in total. The van der Waals surface area contributed by atoms with Gasteiger partial charge >= 0.3 is 0 Å². The topological polar surface area (TPSA) is 64.6 Å². The fraction of sp³-hybridized carbons (Fsp3) is 0.333. The van der Waals surface area contributed by atoms with Crippen molar-refractivity contribution in [3.05, 3.63) is 46.2 Å². The first-order valence-corrected chi connectivity index (χ1v) is 8.51. The second kappa shape index (κ2) is 8.49. The number of nitrogens with one attached hydrogen (secondary N) is 1. The summed E-state index contributed by atoms with van der Waals surface area (Å²) in [6.45, 7) is 1.88. The summed E-state index contributed by atoms with van der Waals surface area (Å²) in [5.41, 5.74) is 0.858. The van der Waals surface area contributed by atoms with Crippen LogP contribution in [0.1, 0.15) is 41.0 Å². The number of ether oxygens (including phenoxy) is 2. The molecule has 0 radical (unpaired) electrons. The maximum atomic E-state index is 12.1. The van der Waals surface area contributed by atoms with Gasteiger partial charge in [-0.1, -0.05) is 6.07 Å². The van der Waals surface area contributed by atoms with Crippen molar-refractivity contribution in [3.8, 4) is 11.5 Å². The van der Waals surface area contributed by atoms with E-state index in [4.69, 9.17) is 9.47 Å². The molecule has 0 saturated carbocycles. The fourth-order valence-corrected chi connectivity index (χ4v) is 3.05. The van der Waals surface area contributed by atoms with Gasteiger partial charge in [-0.25, -0.2) is 0 Å². The Kier molecular flexibility index (Phi) is 6.37. The third-order valence-corrected chi connectivity index (χ3v) is 4.57. The summed E-state index contributed by atoms with van der Waals surface area (Å²) in [6, 6.07) is 8.83. The molecule has 0 aliphatic carbocycles. The van der Waals surface area contributed by atoms with E-state index in [0.29, 0.717) is 16.4 Å². The van der Waals surface area contributed by atoms with E-state index in [9.17, 15) is 9.59 Å². The maximum Gasteiger partial charge on any atom is 0.220 e. The Balaban J connectivity index is 1.92. The van der Waals surface area contributed by atoms with Gasteiger partial charge in [-0.3, -0.25) is 9.59 Å². The largest absolute Gasteiger partial charge is 0.497 e. The molecule has 0 aliphatic rings. The van der Waals surface area contributed by atoms with E-state index < -0.39 is 0 Å².